The highest BCUT2D eigenvalue weighted by Crippen LogP contribution is 2.27. The van der Waals surface area contributed by atoms with Crippen molar-refractivity contribution in [2.45, 2.75) is 13.3 Å². The summed E-state index contributed by atoms with van der Waals surface area (Å²) < 4.78 is 23.6. The molecule has 0 unspecified atom stereocenters. The minimum atomic E-state index is -0.760. The highest BCUT2D eigenvalue weighted by molar-refractivity contribution is 6.00. The third kappa shape index (κ3) is 3.88. The minimum Gasteiger partial charge on any atom is -0.455 e. The van der Waals surface area contributed by atoms with Crippen molar-refractivity contribution in [1.82, 2.24) is 5.16 Å². The molecule has 136 valence electrons. The number of carbonyl (C=O) groups excluding carboxylic acids is 3. The first-order valence-corrected chi connectivity index (χ1v) is 7.88. The molecular formula is C17H16FN3O5. The Balaban J connectivity index is 1.53. The van der Waals surface area contributed by atoms with Crippen LogP contribution in [0.15, 0.2) is 34.9 Å². The summed E-state index contributed by atoms with van der Waals surface area (Å²) in [7, 11) is 0. The van der Waals surface area contributed by atoms with Gasteiger partial charge >= 0.3 is 5.97 Å². The number of carbonyl (C=O) groups is 3. The molecule has 1 aliphatic rings. The first-order chi connectivity index (χ1) is 12.4. The molecule has 2 heterocycles. The van der Waals surface area contributed by atoms with Crippen LogP contribution in [0.25, 0.3) is 0 Å². The molecule has 2 amide bonds. The second-order valence-corrected chi connectivity index (χ2v) is 5.84. The van der Waals surface area contributed by atoms with Crippen molar-refractivity contribution in [1.29, 1.82) is 0 Å². The molecule has 1 aromatic carbocycles. The zero-order valence-electron chi connectivity index (χ0n) is 13.9. The normalized spacial score (nSPS) is 16.6. The molecule has 3 rings (SSSR count). The summed E-state index contributed by atoms with van der Waals surface area (Å²) in [4.78, 5) is 37.1. The van der Waals surface area contributed by atoms with Crippen molar-refractivity contribution in [3.8, 4) is 0 Å². The third-order valence-corrected chi connectivity index (χ3v) is 3.84. The first-order valence-electron chi connectivity index (χ1n) is 7.88. The van der Waals surface area contributed by atoms with Crippen LogP contribution < -0.4 is 10.2 Å². The molecule has 2 aromatic rings. The Bertz CT molecular complexity index is 850. The van der Waals surface area contributed by atoms with Crippen molar-refractivity contribution in [2.24, 2.45) is 5.92 Å². The summed E-state index contributed by atoms with van der Waals surface area (Å²) in [6.45, 7) is 1.15. The van der Waals surface area contributed by atoms with Crippen LogP contribution in [0.2, 0.25) is 0 Å². The Morgan fingerprint density at radius 3 is 2.88 bits per heavy atom. The monoisotopic (exact) mass is 361 g/mol. The Hall–Kier alpha value is -3.23. The van der Waals surface area contributed by atoms with Gasteiger partial charge in [-0.3, -0.25) is 14.4 Å². The zero-order valence-corrected chi connectivity index (χ0v) is 13.9. The molecule has 0 saturated carbocycles. The molecule has 1 saturated heterocycles. The lowest BCUT2D eigenvalue weighted by molar-refractivity contribution is -0.151. The van der Waals surface area contributed by atoms with Gasteiger partial charge < -0.3 is 19.5 Å². The Labute approximate surface area is 147 Å². The maximum atomic E-state index is 13.8. The summed E-state index contributed by atoms with van der Waals surface area (Å²) in [5.74, 6) is -2.22. The van der Waals surface area contributed by atoms with Gasteiger partial charge in [0, 0.05) is 19.0 Å². The number of halogens is 1. The maximum Gasteiger partial charge on any atom is 0.311 e. The molecule has 1 N–H and O–H groups in total. The van der Waals surface area contributed by atoms with Gasteiger partial charge in [-0.05, 0) is 19.1 Å². The number of para-hydroxylation sites is 1. The van der Waals surface area contributed by atoms with E-state index in [0.29, 0.717) is 5.76 Å². The Morgan fingerprint density at radius 2 is 2.19 bits per heavy atom. The van der Waals surface area contributed by atoms with Gasteiger partial charge in [0.1, 0.15) is 11.6 Å². The second kappa shape index (κ2) is 7.34. The van der Waals surface area contributed by atoms with Crippen LogP contribution in [0.5, 0.6) is 0 Å². The summed E-state index contributed by atoms with van der Waals surface area (Å²) in [5.41, 5.74) is 0.118. The largest absolute Gasteiger partial charge is 0.455 e. The fraction of sp³-hybridized carbons (Fsp3) is 0.294. The molecule has 1 aliphatic heterocycles. The number of benzene rings is 1. The number of amides is 2. The van der Waals surface area contributed by atoms with Crippen LogP contribution in [0.4, 0.5) is 15.9 Å². The van der Waals surface area contributed by atoms with E-state index in [1.54, 1.807) is 13.0 Å². The number of esters is 1. The molecule has 1 aromatic heterocycles. The van der Waals surface area contributed by atoms with E-state index in [-0.39, 0.29) is 30.4 Å². The van der Waals surface area contributed by atoms with E-state index in [0.717, 1.165) is 0 Å². The predicted octanol–water partition coefficient (Wildman–Crippen LogP) is 1.66. The number of nitrogens with one attached hydrogen (secondary N) is 1. The number of aryl methyl sites for hydroxylation is 1. The summed E-state index contributed by atoms with van der Waals surface area (Å²) in [6.07, 6.45) is -0.0999. The SMILES string of the molecule is Cc1cc(NC(=O)COC(=O)[C@@H]2CC(=O)N(c3ccccc3F)C2)no1. The van der Waals surface area contributed by atoms with E-state index in [1.807, 2.05) is 0 Å². The Morgan fingerprint density at radius 1 is 1.42 bits per heavy atom. The van der Waals surface area contributed by atoms with Gasteiger partial charge in [-0.15, -0.1) is 0 Å². The smallest absolute Gasteiger partial charge is 0.311 e. The van der Waals surface area contributed by atoms with Crippen molar-refractivity contribution in [3.05, 3.63) is 41.9 Å². The number of hydrogen-bond donors (Lipinski definition) is 1. The van der Waals surface area contributed by atoms with E-state index in [9.17, 15) is 18.8 Å². The molecule has 9 heteroatoms. The molecule has 1 fully saturated rings. The van der Waals surface area contributed by atoms with Crippen molar-refractivity contribution in [2.75, 3.05) is 23.4 Å². The molecule has 0 spiro atoms. The molecule has 26 heavy (non-hydrogen) atoms. The van der Waals surface area contributed by atoms with E-state index in [1.165, 1.54) is 29.2 Å². The zero-order chi connectivity index (χ0) is 18.7. The topological polar surface area (TPSA) is 102 Å². The average molecular weight is 361 g/mol. The number of aromatic nitrogens is 1. The van der Waals surface area contributed by atoms with E-state index >= 15 is 0 Å². The molecule has 8 nitrogen and oxygen atoms in total. The quantitative estimate of drug-likeness (QED) is 0.813. The van der Waals surface area contributed by atoms with Crippen molar-refractivity contribution in [3.63, 3.8) is 0 Å². The number of ether oxygens (including phenoxy) is 1. The molecule has 0 aliphatic carbocycles. The van der Waals surface area contributed by atoms with Gasteiger partial charge in [0.25, 0.3) is 5.91 Å². The van der Waals surface area contributed by atoms with Crippen LogP contribution in [0.3, 0.4) is 0 Å². The van der Waals surface area contributed by atoms with Gasteiger partial charge in [-0.25, -0.2) is 4.39 Å². The molecular weight excluding hydrogens is 345 g/mol. The van der Waals surface area contributed by atoms with E-state index < -0.39 is 30.2 Å². The maximum absolute atomic E-state index is 13.8. The van der Waals surface area contributed by atoms with Gasteiger partial charge in [0.05, 0.1) is 11.6 Å². The van der Waals surface area contributed by atoms with E-state index in [4.69, 9.17) is 9.26 Å². The lowest BCUT2D eigenvalue weighted by Crippen LogP contribution is -2.28. The Kier molecular flexibility index (Phi) is 4.97. The number of rotatable bonds is 5. The summed E-state index contributed by atoms with van der Waals surface area (Å²) >= 11 is 0. The van der Waals surface area contributed by atoms with E-state index in [2.05, 4.69) is 10.5 Å². The fourth-order valence-electron chi connectivity index (χ4n) is 2.63. The van der Waals surface area contributed by atoms with Crippen LogP contribution in [-0.2, 0) is 19.1 Å². The molecule has 1 atom stereocenters. The average Bonchev–Trinajstić information content (AvgIpc) is 3.19. The minimum absolute atomic E-state index is 0.00268. The van der Waals surface area contributed by atoms with Gasteiger partial charge in [0.2, 0.25) is 5.91 Å². The van der Waals surface area contributed by atoms with Crippen LogP contribution >= 0.6 is 0 Å². The lowest BCUT2D eigenvalue weighted by atomic mass is 10.1. The van der Waals surface area contributed by atoms with Crippen LogP contribution in [-0.4, -0.2) is 36.1 Å². The van der Waals surface area contributed by atoms with Crippen LogP contribution in [0.1, 0.15) is 12.2 Å². The summed E-state index contributed by atoms with van der Waals surface area (Å²) in [5, 5.41) is 6.00. The highest BCUT2D eigenvalue weighted by Gasteiger charge is 2.37. The van der Waals surface area contributed by atoms with Gasteiger partial charge in [0.15, 0.2) is 12.4 Å². The first kappa shape index (κ1) is 17.6. The lowest BCUT2D eigenvalue weighted by Gasteiger charge is -2.17. The number of nitrogens with zero attached hydrogens (tertiary/aromatic N) is 2. The predicted molar refractivity (Wildman–Crippen MR) is 87.7 cm³/mol. The molecule has 0 bridgehead atoms. The van der Waals surface area contributed by atoms with Crippen molar-refractivity contribution < 1.29 is 28.0 Å². The number of anilines is 2. The second-order valence-electron chi connectivity index (χ2n) is 5.84. The van der Waals surface area contributed by atoms with Gasteiger partial charge in [-0.2, -0.15) is 0 Å². The fourth-order valence-corrected chi connectivity index (χ4v) is 2.63. The number of hydrogen-bond acceptors (Lipinski definition) is 6. The van der Waals surface area contributed by atoms with Crippen molar-refractivity contribution >= 4 is 29.3 Å². The van der Waals surface area contributed by atoms with Gasteiger partial charge in [-0.1, -0.05) is 17.3 Å². The molecule has 0 radical (unpaired) electrons. The highest BCUT2D eigenvalue weighted by atomic mass is 19.1. The van der Waals surface area contributed by atoms with Crippen LogP contribution in [0, 0.1) is 18.7 Å². The standard InChI is InChI=1S/C17H16FN3O5/c1-10-6-14(20-26-10)19-15(22)9-25-17(24)11-7-16(23)21(8-11)13-5-3-2-4-12(13)18/h2-6,11H,7-9H2,1H3,(H,19,20,22)/t11-/m1/s1. The third-order valence-electron chi connectivity index (χ3n) is 3.84. The summed E-state index contributed by atoms with van der Waals surface area (Å²) in [6, 6.07) is 7.34.